The summed E-state index contributed by atoms with van der Waals surface area (Å²) in [5, 5.41) is 3.18. The van der Waals surface area contributed by atoms with Crippen molar-refractivity contribution in [3.8, 4) is 0 Å². The molecule has 1 N–H and O–H groups in total. The van der Waals surface area contributed by atoms with E-state index in [0.29, 0.717) is 0 Å². The summed E-state index contributed by atoms with van der Waals surface area (Å²) in [5.41, 5.74) is 0. The van der Waals surface area contributed by atoms with E-state index >= 15 is 0 Å². The third kappa shape index (κ3) is 3.55. The summed E-state index contributed by atoms with van der Waals surface area (Å²) in [6.45, 7) is 4.61. The van der Waals surface area contributed by atoms with Gasteiger partial charge < -0.3 is 10.2 Å². The molecule has 0 spiro atoms. The van der Waals surface area contributed by atoms with Gasteiger partial charge in [0.05, 0.1) is 0 Å². The van der Waals surface area contributed by atoms with Gasteiger partial charge in [-0.15, -0.1) is 0 Å². The summed E-state index contributed by atoms with van der Waals surface area (Å²) in [5.74, 6) is 1.05. The summed E-state index contributed by atoms with van der Waals surface area (Å²) >= 11 is 0. The quantitative estimate of drug-likeness (QED) is 0.647. The van der Waals surface area contributed by atoms with E-state index in [1.807, 2.05) is 7.05 Å². The van der Waals surface area contributed by atoms with Gasteiger partial charge in [-0.25, -0.2) is 0 Å². The Morgan fingerprint density at radius 3 is 2.67 bits per heavy atom. The first kappa shape index (κ1) is 10.0. The molecule has 12 heavy (non-hydrogen) atoms. The largest absolute Gasteiger partial charge is 0.318 e. The molecule has 1 fully saturated rings. The van der Waals surface area contributed by atoms with Crippen LogP contribution >= 0.6 is 0 Å². The van der Waals surface area contributed by atoms with Crippen molar-refractivity contribution in [3.05, 3.63) is 0 Å². The second kappa shape index (κ2) is 4.83. The molecule has 0 aromatic heterocycles. The van der Waals surface area contributed by atoms with Crippen molar-refractivity contribution in [2.24, 2.45) is 5.92 Å². The van der Waals surface area contributed by atoms with Gasteiger partial charge in [-0.3, -0.25) is 0 Å². The van der Waals surface area contributed by atoms with Crippen LogP contribution in [-0.4, -0.2) is 38.1 Å². The molecule has 2 nitrogen and oxygen atoms in total. The molecule has 1 saturated carbocycles. The van der Waals surface area contributed by atoms with Crippen LogP contribution in [0.4, 0.5) is 0 Å². The molecule has 1 unspecified atom stereocenters. The molecule has 0 heterocycles. The van der Waals surface area contributed by atoms with Gasteiger partial charge in [0.15, 0.2) is 0 Å². The number of likely N-dealkylation sites (N-methyl/N-ethyl adjacent to an activating group) is 2. The lowest BCUT2D eigenvalue weighted by Gasteiger charge is -2.24. The van der Waals surface area contributed by atoms with Crippen molar-refractivity contribution < 1.29 is 0 Å². The third-order valence-electron chi connectivity index (χ3n) is 2.84. The number of rotatable bonds is 6. The van der Waals surface area contributed by atoms with E-state index in [2.05, 4.69) is 24.2 Å². The first-order valence-electron chi connectivity index (χ1n) is 5.09. The minimum absolute atomic E-state index is 0.769. The highest BCUT2D eigenvalue weighted by atomic mass is 15.1. The predicted octanol–water partition coefficient (Wildman–Crippen LogP) is 1.33. The maximum Gasteiger partial charge on any atom is 0.0106 e. The number of nitrogens with one attached hydrogen (secondary N) is 1. The Bertz CT molecular complexity index is 121. The zero-order valence-corrected chi connectivity index (χ0v) is 8.64. The van der Waals surface area contributed by atoms with E-state index in [-0.39, 0.29) is 0 Å². The van der Waals surface area contributed by atoms with Crippen LogP contribution in [0.5, 0.6) is 0 Å². The van der Waals surface area contributed by atoms with Crippen molar-refractivity contribution in [2.75, 3.05) is 27.2 Å². The topological polar surface area (TPSA) is 15.3 Å². The first-order chi connectivity index (χ1) is 5.74. The summed E-state index contributed by atoms with van der Waals surface area (Å²) in [4.78, 5) is 2.45. The highest BCUT2D eigenvalue weighted by Crippen LogP contribution is 2.34. The molecule has 0 amide bonds. The molecule has 0 bridgehead atoms. The summed E-state index contributed by atoms with van der Waals surface area (Å²) in [6.07, 6.45) is 4.36. The normalized spacial score (nSPS) is 20.0. The van der Waals surface area contributed by atoms with Crippen LogP contribution in [0.1, 0.15) is 26.2 Å². The van der Waals surface area contributed by atoms with Gasteiger partial charge in [0, 0.05) is 19.1 Å². The van der Waals surface area contributed by atoms with Gasteiger partial charge in [-0.05, 0) is 33.4 Å². The lowest BCUT2D eigenvalue weighted by Crippen LogP contribution is -2.34. The van der Waals surface area contributed by atoms with Gasteiger partial charge in [-0.2, -0.15) is 0 Å². The molecular formula is C10H22N2. The third-order valence-corrected chi connectivity index (χ3v) is 2.84. The van der Waals surface area contributed by atoms with Crippen molar-refractivity contribution >= 4 is 0 Å². The molecule has 0 saturated heterocycles. The van der Waals surface area contributed by atoms with Crippen molar-refractivity contribution in [3.63, 3.8) is 0 Å². The van der Waals surface area contributed by atoms with Crippen LogP contribution in [0.15, 0.2) is 0 Å². The molecule has 0 aromatic carbocycles. The second-order valence-corrected chi connectivity index (χ2v) is 4.11. The van der Waals surface area contributed by atoms with E-state index in [4.69, 9.17) is 0 Å². The van der Waals surface area contributed by atoms with Crippen molar-refractivity contribution in [2.45, 2.75) is 32.2 Å². The molecule has 1 aliphatic rings. The monoisotopic (exact) mass is 170 g/mol. The molecule has 0 radical (unpaired) electrons. The average Bonchev–Trinajstić information content (AvgIpc) is 2.83. The van der Waals surface area contributed by atoms with Gasteiger partial charge in [0.2, 0.25) is 0 Å². The standard InChI is InChI=1S/C10H22N2/c1-9(8-10-4-5-10)12(3)7-6-11-2/h9-11H,4-8H2,1-3H3. The highest BCUT2D eigenvalue weighted by Gasteiger charge is 2.24. The zero-order chi connectivity index (χ0) is 8.97. The number of hydrogen-bond donors (Lipinski definition) is 1. The van der Waals surface area contributed by atoms with Crippen LogP contribution in [0.3, 0.4) is 0 Å². The lowest BCUT2D eigenvalue weighted by atomic mass is 10.1. The fraction of sp³-hybridized carbons (Fsp3) is 1.00. The Hall–Kier alpha value is -0.0800. The summed E-state index contributed by atoms with van der Waals surface area (Å²) in [7, 11) is 4.24. The smallest absolute Gasteiger partial charge is 0.0106 e. The second-order valence-electron chi connectivity index (χ2n) is 4.11. The fourth-order valence-electron chi connectivity index (χ4n) is 1.52. The van der Waals surface area contributed by atoms with Crippen LogP contribution in [0.2, 0.25) is 0 Å². The maximum absolute atomic E-state index is 3.18. The van der Waals surface area contributed by atoms with Gasteiger partial charge in [0.25, 0.3) is 0 Å². The van der Waals surface area contributed by atoms with E-state index in [0.717, 1.165) is 18.5 Å². The van der Waals surface area contributed by atoms with Crippen LogP contribution in [0.25, 0.3) is 0 Å². The van der Waals surface area contributed by atoms with E-state index in [1.54, 1.807) is 0 Å². The number of hydrogen-bond acceptors (Lipinski definition) is 2. The van der Waals surface area contributed by atoms with Crippen molar-refractivity contribution in [1.29, 1.82) is 0 Å². The van der Waals surface area contributed by atoms with Crippen molar-refractivity contribution in [1.82, 2.24) is 10.2 Å². The van der Waals surface area contributed by atoms with E-state index in [1.165, 1.54) is 25.8 Å². The summed E-state index contributed by atoms with van der Waals surface area (Å²) in [6, 6.07) is 0.769. The Kier molecular flexibility index (Phi) is 4.02. The Morgan fingerprint density at radius 1 is 1.50 bits per heavy atom. The Morgan fingerprint density at radius 2 is 2.17 bits per heavy atom. The molecule has 0 aromatic rings. The molecule has 0 aliphatic heterocycles. The number of nitrogens with zero attached hydrogens (tertiary/aromatic N) is 1. The van der Waals surface area contributed by atoms with Gasteiger partial charge >= 0.3 is 0 Å². The average molecular weight is 170 g/mol. The fourth-order valence-corrected chi connectivity index (χ4v) is 1.52. The van der Waals surface area contributed by atoms with Gasteiger partial charge in [-0.1, -0.05) is 12.8 Å². The molecule has 72 valence electrons. The highest BCUT2D eigenvalue weighted by molar-refractivity contribution is 4.78. The zero-order valence-electron chi connectivity index (χ0n) is 8.64. The molecule has 1 atom stereocenters. The van der Waals surface area contributed by atoms with Crippen LogP contribution in [0, 0.1) is 5.92 Å². The molecule has 1 rings (SSSR count). The van der Waals surface area contributed by atoms with Gasteiger partial charge in [0.1, 0.15) is 0 Å². The van der Waals surface area contributed by atoms with Crippen LogP contribution < -0.4 is 5.32 Å². The van der Waals surface area contributed by atoms with E-state index in [9.17, 15) is 0 Å². The first-order valence-corrected chi connectivity index (χ1v) is 5.09. The Balaban J connectivity index is 2.06. The minimum atomic E-state index is 0.769. The SMILES string of the molecule is CNCCN(C)C(C)CC1CC1. The Labute approximate surface area is 76.3 Å². The summed E-state index contributed by atoms with van der Waals surface area (Å²) < 4.78 is 0. The molecule has 2 heteroatoms. The maximum atomic E-state index is 3.18. The molecule has 1 aliphatic carbocycles. The minimum Gasteiger partial charge on any atom is -0.318 e. The van der Waals surface area contributed by atoms with E-state index < -0.39 is 0 Å². The predicted molar refractivity (Wildman–Crippen MR) is 53.4 cm³/mol. The van der Waals surface area contributed by atoms with Crippen LogP contribution in [-0.2, 0) is 0 Å². The molecular weight excluding hydrogens is 148 g/mol. The lowest BCUT2D eigenvalue weighted by molar-refractivity contribution is 0.240.